The van der Waals surface area contributed by atoms with Gasteiger partial charge in [0.25, 0.3) is 0 Å². The maximum Gasteiger partial charge on any atom is 0.326 e. The zero-order valence-corrected chi connectivity index (χ0v) is 10.7. The van der Waals surface area contributed by atoms with Gasteiger partial charge in [-0.3, -0.25) is 4.79 Å². The summed E-state index contributed by atoms with van der Waals surface area (Å²) in [6, 6.07) is -1.32. The van der Waals surface area contributed by atoms with Crippen molar-refractivity contribution >= 4 is 11.9 Å². The third-order valence-corrected chi connectivity index (χ3v) is 3.44. The Bertz CT molecular complexity index is 304. The van der Waals surface area contributed by atoms with E-state index in [4.69, 9.17) is 10.8 Å². The fourth-order valence-electron chi connectivity index (χ4n) is 2.12. The minimum atomic E-state index is -0.930. The summed E-state index contributed by atoms with van der Waals surface area (Å²) in [6.07, 6.45) is 1.37. The van der Waals surface area contributed by atoms with Crippen molar-refractivity contribution in [3.05, 3.63) is 0 Å². The van der Waals surface area contributed by atoms with Gasteiger partial charge in [-0.1, -0.05) is 20.8 Å². The molecule has 17 heavy (non-hydrogen) atoms. The van der Waals surface area contributed by atoms with Crippen LogP contribution < -0.4 is 5.73 Å². The number of nitrogens with zero attached hydrogens (tertiary/aromatic N) is 1. The molecule has 0 aromatic rings. The third kappa shape index (κ3) is 3.19. The summed E-state index contributed by atoms with van der Waals surface area (Å²) in [4.78, 5) is 24.7. The molecule has 1 aliphatic heterocycles. The Kier molecular flexibility index (Phi) is 4.51. The molecule has 1 heterocycles. The molecule has 0 spiro atoms. The number of likely N-dealkylation sites (tertiary alicyclic amines) is 1. The first-order valence-corrected chi connectivity index (χ1v) is 6.13. The number of carboxylic acid groups (broad SMARTS) is 1. The van der Waals surface area contributed by atoms with Gasteiger partial charge in [-0.05, 0) is 24.7 Å². The second-order valence-corrected chi connectivity index (χ2v) is 5.29. The van der Waals surface area contributed by atoms with E-state index in [9.17, 15) is 9.59 Å². The van der Waals surface area contributed by atoms with Crippen molar-refractivity contribution in [2.75, 3.05) is 6.54 Å². The lowest BCUT2D eigenvalue weighted by molar-refractivity contribution is -0.154. The summed E-state index contributed by atoms with van der Waals surface area (Å²) in [7, 11) is 0. The number of piperidine rings is 1. The molecule has 3 atom stereocenters. The summed E-state index contributed by atoms with van der Waals surface area (Å²) < 4.78 is 0. The molecule has 1 aliphatic rings. The van der Waals surface area contributed by atoms with Crippen LogP contribution in [0.1, 0.15) is 33.6 Å². The van der Waals surface area contributed by atoms with Gasteiger partial charge < -0.3 is 15.7 Å². The molecule has 0 saturated carbocycles. The van der Waals surface area contributed by atoms with Crippen molar-refractivity contribution in [3.63, 3.8) is 0 Å². The van der Waals surface area contributed by atoms with E-state index < -0.39 is 18.1 Å². The SMILES string of the molecule is CC1CCN(C(=O)C(N)C(C)C)C(C(=O)O)C1. The highest BCUT2D eigenvalue weighted by Crippen LogP contribution is 2.23. The van der Waals surface area contributed by atoms with Crippen molar-refractivity contribution in [2.24, 2.45) is 17.6 Å². The van der Waals surface area contributed by atoms with Gasteiger partial charge in [-0.15, -0.1) is 0 Å². The number of carboxylic acids is 1. The molecular weight excluding hydrogens is 220 g/mol. The first-order chi connectivity index (χ1) is 7.84. The van der Waals surface area contributed by atoms with E-state index in [0.717, 1.165) is 6.42 Å². The molecule has 3 unspecified atom stereocenters. The molecule has 0 radical (unpaired) electrons. The van der Waals surface area contributed by atoms with E-state index >= 15 is 0 Å². The number of rotatable bonds is 3. The van der Waals surface area contributed by atoms with Crippen LogP contribution in [-0.4, -0.2) is 40.5 Å². The van der Waals surface area contributed by atoms with E-state index in [2.05, 4.69) is 0 Å². The maximum atomic E-state index is 12.1. The number of amides is 1. The van der Waals surface area contributed by atoms with E-state index in [1.54, 1.807) is 0 Å². The molecule has 1 rings (SSSR count). The van der Waals surface area contributed by atoms with Crippen molar-refractivity contribution < 1.29 is 14.7 Å². The van der Waals surface area contributed by atoms with Gasteiger partial charge in [0.15, 0.2) is 0 Å². The summed E-state index contributed by atoms with van der Waals surface area (Å²) in [5.74, 6) is -0.799. The Morgan fingerprint density at radius 2 is 2.00 bits per heavy atom. The molecule has 0 aliphatic carbocycles. The number of hydrogen-bond donors (Lipinski definition) is 2. The smallest absolute Gasteiger partial charge is 0.326 e. The number of aliphatic carboxylic acids is 1. The van der Waals surface area contributed by atoms with Crippen LogP contribution in [0.3, 0.4) is 0 Å². The lowest BCUT2D eigenvalue weighted by Gasteiger charge is -2.37. The van der Waals surface area contributed by atoms with Gasteiger partial charge in [0.05, 0.1) is 6.04 Å². The molecule has 5 nitrogen and oxygen atoms in total. The van der Waals surface area contributed by atoms with Crippen LogP contribution >= 0.6 is 0 Å². The third-order valence-electron chi connectivity index (χ3n) is 3.44. The zero-order chi connectivity index (χ0) is 13.2. The van der Waals surface area contributed by atoms with E-state index in [0.29, 0.717) is 18.9 Å². The monoisotopic (exact) mass is 242 g/mol. The Balaban J connectivity index is 2.80. The van der Waals surface area contributed by atoms with Crippen molar-refractivity contribution in [2.45, 2.75) is 45.7 Å². The molecule has 5 heteroatoms. The van der Waals surface area contributed by atoms with Gasteiger partial charge in [0.1, 0.15) is 6.04 Å². The standard InChI is InChI=1S/C12H22N2O3/c1-7(2)10(13)11(15)14-5-4-8(3)6-9(14)12(16)17/h7-10H,4-6,13H2,1-3H3,(H,16,17). The Morgan fingerprint density at radius 3 is 2.47 bits per heavy atom. The Labute approximate surface area is 102 Å². The number of nitrogens with two attached hydrogens (primary N) is 1. The predicted octanol–water partition coefficient (Wildman–Crippen LogP) is 0.681. The minimum Gasteiger partial charge on any atom is -0.480 e. The average Bonchev–Trinajstić information content (AvgIpc) is 2.26. The van der Waals surface area contributed by atoms with Crippen LogP contribution in [-0.2, 0) is 9.59 Å². The molecule has 1 fully saturated rings. The van der Waals surface area contributed by atoms with Crippen LogP contribution in [0.2, 0.25) is 0 Å². The van der Waals surface area contributed by atoms with E-state index in [1.165, 1.54) is 4.90 Å². The van der Waals surface area contributed by atoms with Crippen molar-refractivity contribution in [1.82, 2.24) is 4.90 Å². The van der Waals surface area contributed by atoms with Crippen LogP contribution in [0.25, 0.3) is 0 Å². The first kappa shape index (κ1) is 14.0. The van der Waals surface area contributed by atoms with Gasteiger partial charge in [0.2, 0.25) is 5.91 Å². The van der Waals surface area contributed by atoms with Crippen LogP contribution in [0.15, 0.2) is 0 Å². The largest absolute Gasteiger partial charge is 0.480 e. The fraction of sp³-hybridized carbons (Fsp3) is 0.833. The fourth-order valence-corrected chi connectivity index (χ4v) is 2.12. The zero-order valence-electron chi connectivity index (χ0n) is 10.7. The first-order valence-electron chi connectivity index (χ1n) is 6.13. The highest BCUT2D eigenvalue weighted by Gasteiger charge is 2.37. The lowest BCUT2D eigenvalue weighted by atomic mass is 9.91. The number of carbonyl (C=O) groups excluding carboxylic acids is 1. The molecular formula is C12H22N2O3. The Hall–Kier alpha value is -1.10. The summed E-state index contributed by atoms with van der Waals surface area (Å²) in [5.41, 5.74) is 5.80. The maximum absolute atomic E-state index is 12.1. The number of hydrogen-bond acceptors (Lipinski definition) is 3. The summed E-state index contributed by atoms with van der Waals surface area (Å²) in [6.45, 7) is 6.24. The topological polar surface area (TPSA) is 83.6 Å². The van der Waals surface area contributed by atoms with Crippen LogP contribution in [0.4, 0.5) is 0 Å². The van der Waals surface area contributed by atoms with E-state index in [-0.39, 0.29) is 11.8 Å². The summed E-state index contributed by atoms with van der Waals surface area (Å²) >= 11 is 0. The quantitative estimate of drug-likeness (QED) is 0.762. The molecule has 0 bridgehead atoms. The van der Waals surface area contributed by atoms with Gasteiger partial charge in [-0.2, -0.15) is 0 Å². The molecule has 1 amide bonds. The predicted molar refractivity (Wildman–Crippen MR) is 64.3 cm³/mol. The van der Waals surface area contributed by atoms with Gasteiger partial charge in [0, 0.05) is 6.54 Å². The molecule has 1 saturated heterocycles. The van der Waals surface area contributed by atoms with Crippen LogP contribution in [0.5, 0.6) is 0 Å². The molecule has 3 N–H and O–H groups in total. The summed E-state index contributed by atoms with van der Waals surface area (Å²) in [5, 5.41) is 9.16. The second-order valence-electron chi connectivity index (χ2n) is 5.29. The van der Waals surface area contributed by atoms with Gasteiger partial charge in [-0.25, -0.2) is 4.79 Å². The van der Waals surface area contributed by atoms with E-state index in [1.807, 2.05) is 20.8 Å². The highest BCUT2D eigenvalue weighted by atomic mass is 16.4. The van der Waals surface area contributed by atoms with Gasteiger partial charge >= 0.3 is 5.97 Å². The molecule has 0 aromatic carbocycles. The van der Waals surface area contributed by atoms with Crippen molar-refractivity contribution in [1.29, 1.82) is 0 Å². The number of carbonyl (C=O) groups is 2. The average molecular weight is 242 g/mol. The lowest BCUT2D eigenvalue weighted by Crippen LogP contribution is -2.55. The minimum absolute atomic E-state index is 0.0243. The normalized spacial score (nSPS) is 27.0. The molecule has 0 aromatic heterocycles. The van der Waals surface area contributed by atoms with Crippen LogP contribution in [0, 0.1) is 11.8 Å². The second kappa shape index (κ2) is 5.49. The van der Waals surface area contributed by atoms with Crippen molar-refractivity contribution in [3.8, 4) is 0 Å². The molecule has 98 valence electrons. The highest BCUT2D eigenvalue weighted by molar-refractivity contribution is 5.87. The Morgan fingerprint density at radius 1 is 1.41 bits per heavy atom.